The van der Waals surface area contributed by atoms with Gasteiger partial charge in [0.15, 0.2) is 5.58 Å². The van der Waals surface area contributed by atoms with Crippen molar-refractivity contribution in [3.63, 3.8) is 0 Å². The molecule has 0 aliphatic carbocycles. The molecule has 61 heavy (non-hydrogen) atoms. The van der Waals surface area contributed by atoms with Crippen molar-refractivity contribution < 1.29 is 4.42 Å². The van der Waals surface area contributed by atoms with Gasteiger partial charge < -0.3 is 4.42 Å². The van der Waals surface area contributed by atoms with Crippen LogP contribution in [0.5, 0.6) is 0 Å². The summed E-state index contributed by atoms with van der Waals surface area (Å²) in [7, 11) is 0. The van der Waals surface area contributed by atoms with Crippen molar-refractivity contribution in [1.82, 2.24) is 15.0 Å². The molecule has 8 aromatic carbocycles. The lowest BCUT2D eigenvalue weighted by molar-refractivity contribution is 0.619. The summed E-state index contributed by atoms with van der Waals surface area (Å²) in [5.41, 5.74) is 17.4. The minimum absolute atomic E-state index is 0.577. The van der Waals surface area contributed by atoms with Crippen LogP contribution in [0.15, 0.2) is 205 Å². The van der Waals surface area contributed by atoms with E-state index in [0.717, 1.165) is 94.7 Å². The minimum atomic E-state index is 0.577. The Morgan fingerprint density at radius 2 is 0.967 bits per heavy atom. The van der Waals surface area contributed by atoms with E-state index >= 15 is 0 Å². The summed E-state index contributed by atoms with van der Waals surface area (Å²) in [6.07, 6.45) is 0. The summed E-state index contributed by atoms with van der Waals surface area (Å²) in [6.45, 7) is 4.01. The monoisotopic (exact) mass is 781 g/mol. The third-order valence-corrected chi connectivity index (χ3v) is 11.7. The Balaban J connectivity index is 1.04. The maximum absolute atomic E-state index is 6.73. The Labute approximate surface area is 354 Å². The van der Waals surface area contributed by atoms with E-state index < -0.39 is 0 Å². The van der Waals surface area contributed by atoms with E-state index in [1.165, 1.54) is 21.9 Å². The van der Waals surface area contributed by atoms with Crippen LogP contribution in [0.3, 0.4) is 0 Å². The molecule has 11 rings (SSSR count). The molecule has 0 N–H and O–H groups in total. The lowest BCUT2D eigenvalue weighted by atomic mass is 9.88. The van der Waals surface area contributed by atoms with Crippen molar-refractivity contribution in [2.75, 3.05) is 0 Å². The zero-order valence-electron chi connectivity index (χ0n) is 33.8. The highest BCUT2D eigenvalue weighted by Gasteiger charge is 2.20. The van der Waals surface area contributed by atoms with Gasteiger partial charge in [-0.3, -0.25) is 4.98 Å². The summed E-state index contributed by atoms with van der Waals surface area (Å²) in [5.74, 6) is 0.577. The smallest absolute Gasteiger partial charge is 0.229 e. The third kappa shape index (κ3) is 6.65. The van der Waals surface area contributed by atoms with E-state index in [1.54, 1.807) is 0 Å². The molecule has 3 heterocycles. The highest BCUT2D eigenvalue weighted by molar-refractivity contribution is 6.11. The Morgan fingerprint density at radius 1 is 0.361 bits per heavy atom. The van der Waals surface area contributed by atoms with Gasteiger partial charge in [-0.2, -0.15) is 0 Å². The van der Waals surface area contributed by atoms with Crippen LogP contribution in [0.2, 0.25) is 0 Å². The molecule has 0 aliphatic rings. The van der Waals surface area contributed by atoms with E-state index in [2.05, 4.69) is 182 Å². The average Bonchev–Trinajstić information content (AvgIpc) is 3.77. The lowest BCUT2D eigenvalue weighted by Gasteiger charge is -2.16. The second kappa shape index (κ2) is 15.0. The van der Waals surface area contributed by atoms with Gasteiger partial charge in [-0.15, -0.1) is 0 Å². The number of pyridine rings is 2. The van der Waals surface area contributed by atoms with Crippen LogP contribution in [-0.4, -0.2) is 15.0 Å². The molecule has 0 amide bonds. The first-order valence-electron chi connectivity index (χ1n) is 20.7. The molecule has 0 radical (unpaired) electrons. The molecule has 3 aromatic heterocycles. The van der Waals surface area contributed by atoms with Crippen molar-refractivity contribution in [2.45, 2.75) is 13.8 Å². The molecule has 0 saturated carbocycles. The Bertz CT molecular complexity index is 3370. The second-order valence-corrected chi connectivity index (χ2v) is 15.7. The van der Waals surface area contributed by atoms with Crippen molar-refractivity contribution in [3.05, 3.63) is 212 Å². The molecule has 11 aromatic rings. The molecule has 0 spiro atoms. The number of hydrogen-bond donors (Lipinski definition) is 0. The maximum atomic E-state index is 6.73. The van der Waals surface area contributed by atoms with E-state index in [9.17, 15) is 0 Å². The highest BCUT2D eigenvalue weighted by atomic mass is 16.3. The van der Waals surface area contributed by atoms with Gasteiger partial charge in [-0.1, -0.05) is 164 Å². The molecule has 0 aliphatic heterocycles. The molecule has 0 saturated heterocycles. The van der Waals surface area contributed by atoms with E-state index in [1.807, 2.05) is 32.0 Å². The molecule has 4 heteroatoms. The molecule has 288 valence electrons. The van der Waals surface area contributed by atoms with Gasteiger partial charge in [0.25, 0.3) is 0 Å². The Morgan fingerprint density at radius 3 is 1.69 bits per heavy atom. The molecular weight excluding hydrogens is 743 g/mol. The van der Waals surface area contributed by atoms with Gasteiger partial charge >= 0.3 is 0 Å². The second-order valence-electron chi connectivity index (χ2n) is 15.7. The number of aromatic nitrogens is 3. The summed E-state index contributed by atoms with van der Waals surface area (Å²) in [6, 6.07) is 70.9. The number of oxazole rings is 1. The topological polar surface area (TPSA) is 51.8 Å². The quantitative estimate of drug-likeness (QED) is 0.162. The number of aryl methyl sites for hydroxylation is 2. The van der Waals surface area contributed by atoms with E-state index in [4.69, 9.17) is 19.4 Å². The standard InChI is InChI=1S/C57H39N3O/c1-36-24-30-47(37(2)58-36)57-60-55-50-23-12-10-19-44(50)33-51(56(55)61-57)43-20-13-21-45(32-43)54-48-22-11-9-14-39(48)29-31-49(54)40-27-25-38(26-28-40)46-34-52(41-15-5-3-6-16-41)59-53(35-46)42-17-7-4-8-18-42/h3-35H,1-2H3. The van der Waals surface area contributed by atoms with Crippen molar-refractivity contribution in [2.24, 2.45) is 0 Å². The SMILES string of the molecule is Cc1ccc(-c2nc3c(o2)c(-c2cccc(-c4c(-c5ccc(-c6cc(-c7ccccc7)nc(-c7ccccc7)c6)cc5)ccc5ccccc45)c2)cc2ccccc23)c(C)n1. The van der Waals surface area contributed by atoms with Gasteiger partial charge in [0.05, 0.1) is 22.6 Å². The van der Waals surface area contributed by atoms with Crippen molar-refractivity contribution in [3.8, 4) is 78.5 Å². The maximum Gasteiger partial charge on any atom is 0.229 e. The van der Waals surface area contributed by atoms with Gasteiger partial charge in [0.1, 0.15) is 5.52 Å². The fraction of sp³-hybridized carbons (Fsp3) is 0.0351. The third-order valence-electron chi connectivity index (χ3n) is 11.7. The highest BCUT2D eigenvalue weighted by Crippen LogP contribution is 2.43. The number of nitrogens with zero attached hydrogens (tertiary/aromatic N) is 3. The van der Waals surface area contributed by atoms with Gasteiger partial charge in [0, 0.05) is 27.8 Å². The predicted molar refractivity (Wildman–Crippen MR) is 252 cm³/mol. The molecular formula is C57H39N3O. The zero-order valence-corrected chi connectivity index (χ0v) is 33.8. The fourth-order valence-electron chi connectivity index (χ4n) is 8.71. The molecule has 0 bridgehead atoms. The average molecular weight is 782 g/mol. The van der Waals surface area contributed by atoms with Crippen LogP contribution in [0.25, 0.3) is 111 Å². The van der Waals surface area contributed by atoms with Gasteiger partial charge in [-0.25, -0.2) is 9.97 Å². The van der Waals surface area contributed by atoms with Crippen LogP contribution in [0, 0.1) is 13.8 Å². The normalized spacial score (nSPS) is 11.4. The van der Waals surface area contributed by atoms with Gasteiger partial charge in [0.2, 0.25) is 5.89 Å². The van der Waals surface area contributed by atoms with Crippen LogP contribution in [0.4, 0.5) is 0 Å². The van der Waals surface area contributed by atoms with Crippen LogP contribution >= 0.6 is 0 Å². The summed E-state index contributed by atoms with van der Waals surface area (Å²) in [5, 5.41) is 4.56. The van der Waals surface area contributed by atoms with Gasteiger partial charge in [-0.05, 0) is 105 Å². The molecule has 0 fully saturated rings. The molecule has 4 nitrogen and oxygen atoms in total. The van der Waals surface area contributed by atoms with Crippen LogP contribution in [-0.2, 0) is 0 Å². The first-order chi connectivity index (χ1) is 30.0. The summed E-state index contributed by atoms with van der Waals surface area (Å²) in [4.78, 5) is 14.9. The largest absolute Gasteiger partial charge is 0.435 e. The van der Waals surface area contributed by atoms with Crippen LogP contribution < -0.4 is 0 Å². The Hall–Kier alpha value is -7.95. The van der Waals surface area contributed by atoms with Crippen molar-refractivity contribution >= 4 is 32.6 Å². The number of rotatable bonds is 7. The zero-order chi connectivity index (χ0) is 40.9. The predicted octanol–water partition coefficient (Wildman–Crippen LogP) is 15.2. The van der Waals surface area contributed by atoms with E-state index in [0.29, 0.717) is 5.89 Å². The Kier molecular flexibility index (Phi) is 8.90. The molecule has 0 unspecified atom stereocenters. The molecule has 0 atom stereocenters. The minimum Gasteiger partial charge on any atom is -0.435 e. The number of hydrogen-bond acceptors (Lipinski definition) is 4. The summed E-state index contributed by atoms with van der Waals surface area (Å²) >= 11 is 0. The van der Waals surface area contributed by atoms with Crippen molar-refractivity contribution in [1.29, 1.82) is 0 Å². The first kappa shape index (κ1) is 36.2. The lowest BCUT2D eigenvalue weighted by Crippen LogP contribution is -1.92. The summed E-state index contributed by atoms with van der Waals surface area (Å²) < 4.78 is 6.73. The first-order valence-corrected chi connectivity index (χ1v) is 20.7. The number of fused-ring (bicyclic) bond motifs is 4. The fourth-order valence-corrected chi connectivity index (χ4v) is 8.71. The van der Waals surface area contributed by atoms with Crippen LogP contribution in [0.1, 0.15) is 11.4 Å². The van der Waals surface area contributed by atoms with E-state index in [-0.39, 0.29) is 0 Å². The number of benzene rings is 8.